The lowest BCUT2D eigenvalue weighted by Gasteiger charge is -2.36. The van der Waals surface area contributed by atoms with E-state index in [0.29, 0.717) is 6.04 Å². The maximum atomic E-state index is 4.48. The zero-order valence-electron chi connectivity index (χ0n) is 10.8. The normalized spacial score (nSPS) is 20.5. The molecule has 0 aromatic carbocycles. The van der Waals surface area contributed by atoms with E-state index in [0.717, 1.165) is 23.5 Å². The number of rotatable bonds is 3. The van der Waals surface area contributed by atoms with Crippen molar-refractivity contribution in [2.24, 2.45) is 0 Å². The summed E-state index contributed by atoms with van der Waals surface area (Å²) in [5.74, 6) is 1.02. The van der Waals surface area contributed by atoms with Gasteiger partial charge in [0.05, 0.1) is 6.33 Å². The SMILES string of the molecule is CCCC1CCCCN1c1ncnc2nc[nH]c12. The quantitative estimate of drug-likeness (QED) is 0.902. The van der Waals surface area contributed by atoms with Crippen molar-refractivity contribution < 1.29 is 0 Å². The molecule has 2 aromatic heterocycles. The highest BCUT2D eigenvalue weighted by atomic mass is 15.2. The topological polar surface area (TPSA) is 57.7 Å². The minimum atomic E-state index is 0.616. The summed E-state index contributed by atoms with van der Waals surface area (Å²) in [5.41, 5.74) is 1.74. The molecule has 1 saturated heterocycles. The Morgan fingerprint density at radius 3 is 3.17 bits per heavy atom. The number of hydrogen-bond donors (Lipinski definition) is 1. The van der Waals surface area contributed by atoms with Gasteiger partial charge >= 0.3 is 0 Å². The van der Waals surface area contributed by atoms with Crippen LogP contribution in [0, 0.1) is 0 Å². The molecule has 0 spiro atoms. The number of H-pyrrole nitrogens is 1. The predicted octanol–water partition coefficient (Wildman–Crippen LogP) is 2.51. The number of aromatic amines is 1. The van der Waals surface area contributed by atoms with E-state index in [-0.39, 0.29) is 0 Å². The molecule has 0 amide bonds. The lowest BCUT2D eigenvalue weighted by atomic mass is 9.98. The van der Waals surface area contributed by atoms with Crippen LogP contribution in [0.3, 0.4) is 0 Å². The molecule has 18 heavy (non-hydrogen) atoms. The summed E-state index contributed by atoms with van der Waals surface area (Å²) in [6.45, 7) is 3.34. The van der Waals surface area contributed by atoms with E-state index in [2.05, 4.69) is 31.8 Å². The largest absolute Gasteiger partial charge is 0.352 e. The first-order valence-corrected chi connectivity index (χ1v) is 6.81. The number of piperidine rings is 1. The van der Waals surface area contributed by atoms with Gasteiger partial charge in [-0.3, -0.25) is 0 Å². The number of fused-ring (bicyclic) bond motifs is 1. The fourth-order valence-corrected chi connectivity index (χ4v) is 2.88. The van der Waals surface area contributed by atoms with E-state index < -0.39 is 0 Å². The first-order valence-electron chi connectivity index (χ1n) is 6.81. The molecule has 1 fully saturated rings. The summed E-state index contributed by atoms with van der Waals surface area (Å²) in [4.78, 5) is 18.5. The summed E-state index contributed by atoms with van der Waals surface area (Å²) >= 11 is 0. The van der Waals surface area contributed by atoms with E-state index in [4.69, 9.17) is 0 Å². The number of anilines is 1. The van der Waals surface area contributed by atoms with Crippen LogP contribution < -0.4 is 4.90 Å². The molecule has 3 rings (SSSR count). The fourth-order valence-electron chi connectivity index (χ4n) is 2.88. The minimum Gasteiger partial charge on any atom is -0.352 e. The van der Waals surface area contributed by atoms with Gasteiger partial charge in [-0.25, -0.2) is 15.0 Å². The van der Waals surface area contributed by atoms with E-state index in [1.54, 1.807) is 12.7 Å². The van der Waals surface area contributed by atoms with Gasteiger partial charge in [0, 0.05) is 12.6 Å². The Bertz CT molecular complexity index is 519. The third-order valence-electron chi connectivity index (χ3n) is 3.72. The van der Waals surface area contributed by atoms with Crippen LogP contribution in [-0.2, 0) is 0 Å². The molecule has 0 saturated carbocycles. The van der Waals surface area contributed by atoms with Crippen LogP contribution in [0.2, 0.25) is 0 Å². The van der Waals surface area contributed by atoms with Crippen molar-refractivity contribution >= 4 is 17.0 Å². The number of nitrogens with zero attached hydrogens (tertiary/aromatic N) is 4. The summed E-state index contributed by atoms with van der Waals surface area (Å²) in [7, 11) is 0. The van der Waals surface area contributed by atoms with Crippen molar-refractivity contribution in [3.8, 4) is 0 Å². The van der Waals surface area contributed by atoms with Gasteiger partial charge in [-0.1, -0.05) is 13.3 Å². The second-order valence-electron chi connectivity index (χ2n) is 4.93. The van der Waals surface area contributed by atoms with E-state index in [9.17, 15) is 0 Å². The standard InChI is InChI=1S/C13H19N5/c1-2-5-10-6-3-4-7-18(10)13-11-12(15-8-14-11)16-9-17-13/h8-10H,2-7H2,1H3,(H,14,15,16,17). The van der Waals surface area contributed by atoms with Crippen LogP contribution in [0.5, 0.6) is 0 Å². The molecule has 0 bridgehead atoms. The molecule has 96 valence electrons. The van der Waals surface area contributed by atoms with E-state index in [1.165, 1.54) is 32.1 Å². The molecule has 2 aromatic rings. The Kier molecular flexibility index (Phi) is 3.13. The number of hydrogen-bond acceptors (Lipinski definition) is 4. The van der Waals surface area contributed by atoms with Gasteiger partial charge in [0.15, 0.2) is 11.5 Å². The molecule has 0 aliphatic carbocycles. The molecular weight excluding hydrogens is 226 g/mol. The molecule has 1 aliphatic heterocycles. The Morgan fingerprint density at radius 1 is 1.33 bits per heavy atom. The van der Waals surface area contributed by atoms with Gasteiger partial charge in [-0.15, -0.1) is 0 Å². The molecule has 5 heteroatoms. The monoisotopic (exact) mass is 245 g/mol. The highest BCUT2D eigenvalue weighted by Gasteiger charge is 2.24. The first kappa shape index (κ1) is 11.4. The van der Waals surface area contributed by atoms with Crippen molar-refractivity contribution in [2.75, 3.05) is 11.4 Å². The Hall–Kier alpha value is -1.65. The maximum Gasteiger partial charge on any atom is 0.182 e. The lowest BCUT2D eigenvalue weighted by molar-refractivity contribution is 0.432. The third kappa shape index (κ3) is 1.94. The summed E-state index contributed by atoms with van der Waals surface area (Å²) in [6, 6.07) is 0.616. The summed E-state index contributed by atoms with van der Waals surface area (Å²) in [5, 5.41) is 0. The highest BCUT2D eigenvalue weighted by Crippen LogP contribution is 2.28. The molecule has 1 atom stereocenters. The maximum absolute atomic E-state index is 4.48. The number of imidazole rings is 1. The van der Waals surface area contributed by atoms with Gasteiger partial charge in [-0.2, -0.15) is 0 Å². The van der Waals surface area contributed by atoms with Crippen molar-refractivity contribution in [3.63, 3.8) is 0 Å². The predicted molar refractivity (Wildman–Crippen MR) is 71.6 cm³/mol. The van der Waals surface area contributed by atoms with Gasteiger partial charge in [0.1, 0.15) is 11.8 Å². The second-order valence-corrected chi connectivity index (χ2v) is 4.93. The molecule has 3 heterocycles. The lowest BCUT2D eigenvalue weighted by Crippen LogP contribution is -2.40. The van der Waals surface area contributed by atoms with Crippen LogP contribution >= 0.6 is 0 Å². The van der Waals surface area contributed by atoms with E-state index in [1.807, 2.05) is 0 Å². The average molecular weight is 245 g/mol. The first-order chi connectivity index (χ1) is 8.90. The van der Waals surface area contributed by atoms with Crippen molar-refractivity contribution in [3.05, 3.63) is 12.7 Å². The summed E-state index contributed by atoms with van der Waals surface area (Å²) < 4.78 is 0. The minimum absolute atomic E-state index is 0.616. The van der Waals surface area contributed by atoms with Gasteiger partial charge in [0.2, 0.25) is 0 Å². The number of aromatic nitrogens is 4. The Morgan fingerprint density at radius 2 is 2.28 bits per heavy atom. The van der Waals surface area contributed by atoms with Crippen LogP contribution in [0.15, 0.2) is 12.7 Å². The number of nitrogens with one attached hydrogen (secondary N) is 1. The van der Waals surface area contributed by atoms with Crippen LogP contribution in [0.25, 0.3) is 11.2 Å². The van der Waals surface area contributed by atoms with Gasteiger partial charge in [0.25, 0.3) is 0 Å². The van der Waals surface area contributed by atoms with Gasteiger partial charge < -0.3 is 9.88 Å². The Balaban J connectivity index is 1.98. The van der Waals surface area contributed by atoms with Crippen LogP contribution in [0.1, 0.15) is 39.0 Å². The van der Waals surface area contributed by atoms with Crippen LogP contribution in [-0.4, -0.2) is 32.5 Å². The molecule has 1 N–H and O–H groups in total. The summed E-state index contributed by atoms with van der Waals surface area (Å²) in [6.07, 6.45) is 9.63. The average Bonchev–Trinajstić information content (AvgIpc) is 2.88. The van der Waals surface area contributed by atoms with E-state index >= 15 is 0 Å². The zero-order chi connectivity index (χ0) is 12.4. The zero-order valence-corrected chi connectivity index (χ0v) is 10.8. The second kappa shape index (κ2) is 4.92. The molecular formula is C13H19N5. The molecule has 1 unspecified atom stereocenters. The third-order valence-corrected chi connectivity index (χ3v) is 3.72. The fraction of sp³-hybridized carbons (Fsp3) is 0.615. The van der Waals surface area contributed by atoms with Gasteiger partial charge in [-0.05, 0) is 25.7 Å². The van der Waals surface area contributed by atoms with Crippen molar-refractivity contribution in [2.45, 2.75) is 45.1 Å². The molecule has 1 aliphatic rings. The Labute approximate surface area is 107 Å². The van der Waals surface area contributed by atoms with Crippen molar-refractivity contribution in [1.29, 1.82) is 0 Å². The smallest absolute Gasteiger partial charge is 0.182 e. The molecule has 0 radical (unpaired) electrons. The molecule has 5 nitrogen and oxygen atoms in total. The highest BCUT2D eigenvalue weighted by molar-refractivity contribution is 5.82. The van der Waals surface area contributed by atoms with Crippen LogP contribution in [0.4, 0.5) is 5.82 Å². The van der Waals surface area contributed by atoms with Crippen molar-refractivity contribution in [1.82, 2.24) is 19.9 Å².